The summed E-state index contributed by atoms with van der Waals surface area (Å²) in [6, 6.07) is 15.6. The van der Waals surface area contributed by atoms with E-state index in [1.54, 1.807) is 18.3 Å². The van der Waals surface area contributed by atoms with Crippen LogP contribution in [0.3, 0.4) is 0 Å². The summed E-state index contributed by atoms with van der Waals surface area (Å²) in [5, 5.41) is 10.5. The first kappa shape index (κ1) is 13.1. The fourth-order valence-electron chi connectivity index (χ4n) is 1.99. The normalized spacial score (nSPS) is 12.5. The summed E-state index contributed by atoms with van der Waals surface area (Å²) in [5.41, 5.74) is 1.86. The molecule has 3 rings (SSSR count). The largest absolute Gasteiger partial charge is 0.486 e. The van der Waals surface area contributed by atoms with Crippen molar-refractivity contribution in [2.24, 2.45) is 0 Å². The number of aliphatic hydroxyl groups is 1. The van der Waals surface area contributed by atoms with Gasteiger partial charge in [-0.15, -0.1) is 11.3 Å². The Morgan fingerprint density at radius 1 is 1.20 bits per heavy atom. The van der Waals surface area contributed by atoms with Crippen molar-refractivity contribution in [1.29, 1.82) is 0 Å². The quantitative estimate of drug-likeness (QED) is 0.789. The van der Waals surface area contributed by atoms with Crippen molar-refractivity contribution >= 4 is 21.6 Å². The van der Waals surface area contributed by atoms with Crippen LogP contribution in [0.25, 0.3) is 10.2 Å². The standard InChI is InChI=1S/C16H15NO2S/c1-11(18)12-5-4-6-13(9-12)19-10-16-17-14-7-2-3-8-15(14)20-16/h2-9,11,18H,10H2,1H3. The number of hydrogen-bond donors (Lipinski definition) is 1. The van der Waals surface area contributed by atoms with E-state index >= 15 is 0 Å². The number of fused-ring (bicyclic) bond motifs is 1. The lowest BCUT2D eigenvalue weighted by Gasteiger charge is -2.08. The molecule has 3 aromatic rings. The highest BCUT2D eigenvalue weighted by atomic mass is 32.1. The average Bonchev–Trinajstić information content (AvgIpc) is 2.88. The number of thiazole rings is 1. The van der Waals surface area contributed by atoms with E-state index in [1.807, 2.05) is 42.5 Å². The summed E-state index contributed by atoms with van der Waals surface area (Å²) in [7, 11) is 0. The predicted octanol–water partition coefficient (Wildman–Crippen LogP) is 3.93. The summed E-state index contributed by atoms with van der Waals surface area (Å²) in [5.74, 6) is 0.752. The SMILES string of the molecule is CC(O)c1cccc(OCc2nc3ccccc3s2)c1. The minimum atomic E-state index is -0.485. The number of ether oxygens (including phenoxy) is 1. The molecule has 1 aromatic heterocycles. The monoisotopic (exact) mass is 285 g/mol. The van der Waals surface area contributed by atoms with Gasteiger partial charge in [-0.2, -0.15) is 0 Å². The third-order valence-electron chi connectivity index (χ3n) is 3.04. The van der Waals surface area contributed by atoms with Crippen LogP contribution in [0.4, 0.5) is 0 Å². The minimum Gasteiger partial charge on any atom is -0.486 e. The van der Waals surface area contributed by atoms with E-state index in [4.69, 9.17) is 4.74 Å². The van der Waals surface area contributed by atoms with Crippen LogP contribution in [0.1, 0.15) is 23.6 Å². The molecule has 3 nitrogen and oxygen atoms in total. The Bertz CT molecular complexity index is 688. The van der Waals surface area contributed by atoms with Crippen LogP contribution >= 0.6 is 11.3 Å². The molecule has 2 aromatic carbocycles. The van der Waals surface area contributed by atoms with Gasteiger partial charge in [-0.3, -0.25) is 0 Å². The maximum absolute atomic E-state index is 9.56. The van der Waals surface area contributed by atoms with Gasteiger partial charge in [-0.25, -0.2) is 4.98 Å². The Morgan fingerprint density at radius 2 is 2.05 bits per heavy atom. The lowest BCUT2D eigenvalue weighted by atomic mass is 10.1. The van der Waals surface area contributed by atoms with Gasteiger partial charge in [-0.1, -0.05) is 24.3 Å². The second kappa shape index (κ2) is 5.61. The van der Waals surface area contributed by atoms with Crippen LogP contribution in [0.2, 0.25) is 0 Å². The molecule has 0 radical (unpaired) electrons. The zero-order chi connectivity index (χ0) is 13.9. The fraction of sp³-hybridized carbons (Fsp3) is 0.188. The Hall–Kier alpha value is -1.91. The Balaban J connectivity index is 1.74. The molecule has 20 heavy (non-hydrogen) atoms. The maximum atomic E-state index is 9.56. The van der Waals surface area contributed by atoms with Gasteiger partial charge in [-0.05, 0) is 36.8 Å². The highest BCUT2D eigenvalue weighted by Gasteiger charge is 2.05. The van der Waals surface area contributed by atoms with Crippen LogP contribution < -0.4 is 4.74 Å². The van der Waals surface area contributed by atoms with Crippen LogP contribution in [0.15, 0.2) is 48.5 Å². The third-order valence-corrected chi connectivity index (χ3v) is 4.05. The van der Waals surface area contributed by atoms with Crippen molar-refractivity contribution in [3.63, 3.8) is 0 Å². The first-order valence-electron chi connectivity index (χ1n) is 6.47. The van der Waals surface area contributed by atoms with Crippen molar-refractivity contribution in [2.45, 2.75) is 19.6 Å². The summed E-state index contributed by atoms with van der Waals surface area (Å²) < 4.78 is 6.92. The molecule has 102 valence electrons. The molecule has 1 heterocycles. The molecular weight excluding hydrogens is 270 g/mol. The minimum absolute atomic E-state index is 0.447. The van der Waals surface area contributed by atoms with Gasteiger partial charge in [0.15, 0.2) is 0 Å². The van der Waals surface area contributed by atoms with Gasteiger partial charge in [0.2, 0.25) is 0 Å². The van der Waals surface area contributed by atoms with Crippen molar-refractivity contribution in [1.82, 2.24) is 4.98 Å². The number of aromatic nitrogens is 1. The highest BCUT2D eigenvalue weighted by molar-refractivity contribution is 7.18. The van der Waals surface area contributed by atoms with Gasteiger partial charge in [0.1, 0.15) is 17.4 Å². The van der Waals surface area contributed by atoms with Crippen LogP contribution in [0.5, 0.6) is 5.75 Å². The molecule has 1 atom stereocenters. The lowest BCUT2D eigenvalue weighted by Crippen LogP contribution is -1.96. The van der Waals surface area contributed by atoms with Crippen LogP contribution in [-0.4, -0.2) is 10.1 Å². The van der Waals surface area contributed by atoms with E-state index in [-0.39, 0.29) is 0 Å². The highest BCUT2D eigenvalue weighted by Crippen LogP contribution is 2.24. The first-order valence-corrected chi connectivity index (χ1v) is 7.29. The predicted molar refractivity (Wildman–Crippen MR) is 81.0 cm³/mol. The van der Waals surface area contributed by atoms with Gasteiger partial charge in [0.25, 0.3) is 0 Å². The molecule has 0 saturated heterocycles. The number of hydrogen-bond acceptors (Lipinski definition) is 4. The van der Waals surface area contributed by atoms with E-state index in [0.29, 0.717) is 6.61 Å². The summed E-state index contributed by atoms with van der Waals surface area (Å²) in [6.07, 6.45) is -0.485. The van der Waals surface area contributed by atoms with Gasteiger partial charge in [0, 0.05) is 0 Å². The van der Waals surface area contributed by atoms with E-state index < -0.39 is 6.10 Å². The molecular formula is C16H15NO2S. The van der Waals surface area contributed by atoms with Crippen LogP contribution in [-0.2, 0) is 6.61 Å². The Labute approximate surface area is 121 Å². The summed E-state index contributed by atoms with van der Waals surface area (Å²) in [4.78, 5) is 4.53. The van der Waals surface area contributed by atoms with Crippen LogP contribution in [0, 0.1) is 0 Å². The van der Waals surface area contributed by atoms with Gasteiger partial charge >= 0.3 is 0 Å². The second-order valence-electron chi connectivity index (χ2n) is 4.61. The lowest BCUT2D eigenvalue weighted by molar-refractivity contribution is 0.198. The van der Waals surface area contributed by atoms with Crippen molar-refractivity contribution in [3.05, 3.63) is 59.1 Å². The van der Waals surface area contributed by atoms with Gasteiger partial charge < -0.3 is 9.84 Å². The van der Waals surface area contributed by atoms with Crippen molar-refractivity contribution in [2.75, 3.05) is 0 Å². The molecule has 0 spiro atoms. The zero-order valence-corrected chi connectivity index (χ0v) is 11.9. The first-order chi connectivity index (χ1) is 9.72. The number of nitrogens with zero attached hydrogens (tertiary/aromatic N) is 1. The number of aliphatic hydroxyl groups excluding tert-OH is 1. The van der Waals surface area contributed by atoms with E-state index in [0.717, 1.165) is 21.8 Å². The summed E-state index contributed by atoms with van der Waals surface area (Å²) >= 11 is 1.64. The topological polar surface area (TPSA) is 42.4 Å². The third kappa shape index (κ3) is 2.81. The second-order valence-corrected chi connectivity index (χ2v) is 5.73. The Kier molecular flexibility index (Phi) is 3.67. The van der Waals surface area contributed by atoms with E-state index in [9.17, 15) is 5.11 Å². The molecule has 0 aliphatic heterocycles. The summed E-state index contributed by atoms with van der Waals surface area (Å²) in [6.45, 7) is 2.19. The van der Waals surface area contributed by atoms with Crippen molar-refractivity contribution in [3.8, 4) is 5.75 Å². The van der Waals surface area contributed by atoms with E-state index in [1.165, 1.54) is 4.70 Å². The molecule has 0 fully saturated rings. The Morgan fingerprint density at radius 3 is 2.85 bits per heavy atom. The van der Waals surface area contributed by atoms with Gasteiger partial charge in [0.05, 0.1) is 16.3 Å². The molecule has 0 aliphatic carbocycles. The molecule has 0 saturated carbocycles. The fourth-order valence-corrected chi connectivity index (χ4v) is 2.87. The van der Waals surface area contributed by atoms with E-state index in [2.05, 4.69) is 11.1 Å². The molecule has 1 N–H and O–H groups in total. The molecule has 1 unspecified atom stereocenters. The average molecular weight is 285 g/mol. The number of benzene rings is 2. The molecule has 4 heteroatoms. The smallest absolute Gasteiger partial charge is 0.140 e. The zero-order valence-electron chi connectivity index (χ0n) is 11.1. The number of para-hydroxylation sites is 1. The maximum Gasteiger partial charge on any atom is 0.140 e. The molecule has 0 bridgehead atoms. The molecule has 0 aliphatic rings. The van der Waals surface area contributed by atoms with Crippen molar-refractivity contribution < 1.29 is 9.84 Å². The molecule has 0 amide bonds. The number of rotatable bonds is 4.